The first-order valence-corrected chi connectivity index (χ1v) is 11.9. The number of amides is 1. The Hall–Kier alpha value is -3.40. The van der Waals surface area contributed by atoms with Crippen LogP contribution in [0.3, 0.4) is 0 Å². The third kappa shape index (κ3) is 5.64. The Morgan fingerprint density at radius 3 is 2.34 bits per heavy atom. The van der Waals surface area contributed by atoms with Crippen molar-refractivity contribution in [3.63, 3.8) is 0 Å². The Morgan fingerprint density at radius 1 is 1.09 bits per heavy atom. The van der Waals surface area contributed by atoms with E-state index < -0.39 is 16.1 Å². The summed E-state index contributed by atoms with van der Waals surface area (Å²) in [4.78, 5) is 18.7. The number of sulfonamides is 1. The van der Waals surface area contributed by atoms with Gasteiger partial charge in [0.2, 0.25) is 21.7 Å². The number of anilines is 1. The van der Waals surface area contributed by atoms with Gasteiger partial charge in [0.05, 0.1) is 18.5 Å². The lowest BCUT2D eigenvalue weighted by atomic mass is 10.2. The molecule has 1 atom stereocenters. The molecule has 2 aromatic carbocycles. The number of rotatable bonds is 9. The summed E-state index contributed by atoms with van der Waals surface area (Å²) in [5, 5.41) is 3.97. The molecule has 0 aliphatic heterocycles. The van der Waals surface area contributed by atoms with E-state index >= 15 is 0 Å². The summed E-state index contributed by atoms with van der Waals surface area (Å²) in [6.07, 6.45) is 0.869. The van der Waals surface area contributed by atoms with Gasteiger partial charge in [-0.15, -0.1) is 0 Å². The fraction of sp³-hybridized carbons (Fsp3) is 0.318. The second kappa shape index (κ2) is 9.82. The lowest BCUT2D eigenvalue weighted by Gasteiger charge is -2.23. The van der Waals surface area contributed by atoms with E-state index in [1.54, 1.807) is 31.3 Å². The van der Waals surface area contributed by atoms with Gasteiger partial charge < -0.3 is 14.2 Å². The van der Waals surface area contributed by atoms with Crippen molar-refractivity contribution in [1.82, 2.24) is 15.0 Å². The Labute approximate surface area is 187 Å². The van der Waals surface area contributed by atoms with Gasteiger partial charge in [-0.25, -0.2) is 8.42 Å². The van der Waals surface area contributed by atoms with Gasteiger partial charge in [0.25, 0.3) is 5.91 Å². The smallest absolute Gasteiger partial charge is 0.263 e. The van der Waals surface area contributed by atoms with Crippen LogP contribution in [0.1, 0.15) is 19.2 Å². The Kier molecular flexibility index (Phi) is 7.14. The third-order valence-electron chi connectivity index (χ3n) is 4.87. The maximum absolute atomic E-state index is 12.9. The second-order valence-corrected chi connectivity index (χ2v) is 9.32. The highest BCUT2D eigenvalue weighted by Gasteiger charge is 2.24. The number of nitrogens with zero attached hydrogens (tertiary/aromatic N) is 4. The quantitative estimate of drug-likeness (QED) is 0.485. The van der Waals surface area contributed by atoms with Crippen LogP contribution < -0.4 is 9.04 Å². The summed E-state index contributed by atoms with van der Waals surface area (Å²) in [7, 11) is -0.240. The maximum Gasteiger partial charge on any atom is 0.263 e. The van der Waals surface area contributed by atoms with Crippen LogP contribution in [0.4, 0.5) is 5.69 Å². The van der Waals surface area contributed by atoms with Gasteiger partial charge in [0, 0.05) is 19.7 Å². The zero-order valence-electron chi connectivity index (χ0n) is 18.4. The van der Waals surface area contributed by atoms with E-state index in [0.29, 0.717) is 29.6 Å². The maximum atomic E-state index is 12.9. The zero-order chi connectivity index (χ0) is 23.3. The fourth-order valence-electron chi connectivity index (χ4n) is 2.95. The first-order chi connectivity index (χ1) is 15.2. The third-order valence-corrected chi connectivity index (χ3v) is 6.08. The molecule has 0 saturated heterocycles. The average molecular weight is 459 g/mol. The van der Waals surface area contributed by atoms with Gasteiger partial charge in [0.15, 0.2) is 6.10 Å². The van der Waals surface area contributed by atoms with Crippen LogP contribution in [0.15, 0.2) is 59.1 Å². The van der Waals surface area contributed by atoms with Crippen LogP contribution >= 0.6 is 0 Å². The molecule has 0 aliphatic carbocycles. The van der Waals surface area contributed by atoms with Crippen molar-refractivity contribution in [2.75, 3.05) is 24.7 Å². The highest BCUT2D eigenvalue weighted by molar-refractivity contribution is 7.92. The van der Waals surface area contributed by atoms with Crippen LogP contribution in [0, 0.1) is 0 Å². The van der Waals surface area contributed by atoms with Crippen molar-refractivity contribution in [2.24, 2.45) is 0 Å². The SMILES string of the molecule is CCC(Oc1ccc(N(C)S(C)(=O)=O)cc1)C(=O)N(C)Cc1nc(-c2ccccc2)no1. The van der Waals surface area contributed by atoms with Gasteiger partial charge in [-0.2, -0.15) is 4.98 Å². The summed E-state index contributed by atoms with van der Waals surface area (Å²) in [5.74, 6) is 1.02. The molecule has 3 aromatic rings. The van der Waals surface area contributed by atoms with E-state index in [-0.39, 0.29) is 12.5 Å². The number of benzene rings is 2. The number of aromatic nitrogens is 2. The van der Waals surface area contributed by atoms with Crippen molar-refractivity contribution < 1.29 is 22.5 Å². The van der Waals surface area contributed by atoms with Gasteiger partial charge >= 0.3 is 0 Å². The lowest BCUT2D eigenvalue weighted by molar-refractivity contribution is -0.138. The van der Waals surface area contributed by atoms with Crippen LogP contribution in [0.2, 0.25) is 0 Å². The molecular weight excluding hydrogens is 432 g/mol. The summed E-state index contributed by atoms with van der Waals surface area (Å²) in [6.45, 7) is 2.00. The van der Waals surface area contributed by atoms with E-state index in [2.05, 4.69) is 10.1 Å². The van der Waals surface area contributed by atoms with Gasteiger partial charge in [0.1, 0.15) is 5.75 Å². The summed E-state index contributed by atoms with van der Waals surface area (Å²) >= 11 is 0. The molecule has 1 unspecified atom stereocenters. The lowest BCUT2D eigenvalue weighted by Crippen LogP contribution is -2.39. The molecule has 32 heavy (non-hydrogen) atoms. The van der Waals surface area contributed by atoms with Crippen molar-refractivity contribution in [2.45, 2.75) is 26.0 Å². The number of hydrogen-bond acceptors (Lipinski definition) is 7. The molecule has 1 heterocycles. The molecule has 170 valence electrons. The minimum atomic E-state index is -3.36. The minimum Gasteiger partial charge on any atom is -0.481 e. The predicted molar refractivity (Wildman–Crippen MR) is 121 cm³/mol. The molecule has 3 rings (SSSR count). The van der Waals surface area contributed by atoms with Gasteiger partial charge in [-0.1, -0.05) is 42.4 Å². The normalized spacial score (nSPS) is 12.2. The van der Waals surface area contributed by atoms with E-state index in [0.717, 1.165) is 11.8 Å². The predicted octanol–water partition coefficient (Wildman–Crippen LogP) is 2.95. The Bertz CT molecular complexity index is 1150. The average Bonchev–Trinajstić information content (AvgIpc) is 3.25. The standard InChI is InChI=1S/C22H26N4O5S/c1-5-19(30-18-13-11-17(12-14-18)26(3)32(4,28)29)22(27)25(2)15-20-23-21(24-31-20)16-9-7-6-8-10-16/h6-14,19H,5,15H2,1-4H3. The molecule has 0 bridgehead atoms. The Balaban J connectivity index is 1.63. The number of hydrogen-bond donors (Lipinski definition) is 0. The largest absolute Gasteiger partial charge is 0.481 e. The highest BCUT2D eigenvalue weighted by atomic mass is 32.2. The topological polar surface area (TPSA) is 106 Å². The number of ether oxygens (including phenoxy) is 1. The molecule has 0 saturated carbocycles. The number of carbonyl (C=O) groups is 1. The van der Waals surface area contributed by atoms with Gasteiger partial charge in [-0.05, 0) is 30.7 Å². The van der Waals surface area contributed by atoms with Crippen LogP contribution in [0.5, 0.6) is 5.75 Å². The van der Waals surface area contributed by atoms with E-state index in [1.165, 1.54) is 16.3 Å². The molecule has 1 aromatic heterocycles. The van der Waals surface area contributed by atoms with Crippen molar-refractivity contribution in [3.8, 4) is 17.1 Å². The summed E-state index contributed by atoms with van der Waals surface area (Å²) in [5.41, 5.74) is 1.33. The van der Waals surface area contributed by atoms with Crippen LogP contribution in [-0.4, -0.2) is 55.8 Å². The van der Waals surface area contributed by atoms with E-state index in [4.69, 9.17) is 9.26 Å². The molecule has 9 nitrogen and oxygen atoms in total. The molecule has 1 amide bonds. The minimum absolute atomic E-state index is 0.149. The Morgan fingerprint density at radius 2 is 1.75 bits per heavy atom. The molecule has 0 N–H and O–H groups in total. The van der Waals surface area contributed by atoms with Gasteiger partial charge in [-0.3, -0.25) is 9.10 Å². The highest BCUT2D eigenvalue weighted by Crippen LogP contribution is 2.22. The zero-order valence-corrected chi connectivity index (χ0v) is 19.2. The van der Waals surface area contributed by atoms with E-state index in [9.17, 15) is 13.2 Å². The molecule has 10 heteroatoms. The molecule has 0 radical (unpaired) electrons. The van der Waals surface area contributed by atoms with Crippen LogP contribution in [-0.2, 0) is 21.4 Å². The molecule has 0 spiro atoms. The number of likely N-dealkylation sites (N-methyl/N-ethyl adjacent to an activating group) is 1. The van der Waals surface area contributed by atoms with E-state index in [1.807, 2.05) is 37.3 Å². The van der Waals surface area contributed by atoms with Crippen LogP contribution in [0.25, 0.3) is 11.4 Å². The van der Waals surface area contributed by atoms with Crippen molar-refractivity contribution in [3.05, 3.63) is 60.5 Å². The first-order valence-electron chi connectivity index (χ1n) is 10.0. The molecular formula is C22H26N4O5S. The number of carbonyl (C=O) groups excluding carboxylic acids is 1. The molecule has 0 fully saturated rings. The molecule has 0 aliphatic rings. The summed E-state index contributed by atoms with van der Waals surface area (Å²) in [6, 6.07) is 16.0. The fourth-order valence-corrected chi connectivity index (χ4v) is 3.45. The van der Waals surface area contributed by atoms with Crippen molar-refractivity contribution in [1.29, 1.82) is 0 Å². The monoisotopic (exact) mass is 458 g/mol. The first kappa shape index (κ1) is 23.3. The van der Waals surface area contributed by atoms with Crippen molar-refractivity contribution >= 4 is 21.6 Å². The summed E-state index contributed by atoms with van der Waals surface area (Å²) < 4.78 is 35.6. The second-order valence-electron chi connectivity index (χ2n) is 7.31.